The van der Waals surface area contributed by atoms with E-state index in [1.54, 1.807) is 18.2 Å². The minimum atomic E-state index is -0.219. The standard InChI is InChI=1S/C11H13ClN6O.ClH/c1-13-4-5-14-11(19)9-6-8(12)2-3-10(9)18-7-15-16-17-18;/h2-3,6-7,13H,4-5H2,1H3,(H,14,19);1H. The van der Waals surface area contributed by atoms with Gasteiger partial charge in [0.15, 0.2) is 0 Å². The number of rotatable bonds is 5. The molecular formula is C11H14Cl2N6O. The molecular weight excluding hydrogens is 303 g/mol. The molecule has 108 valence electrons. The van der Waals surface area contributed by atoms with E-state index >= 15 is 0 Å². The van der Waals surface area contributed by atoms with Crippen molar-refractivity contribution >= 4 is 29.9 Å². The Labute approximate surface area is 127 Å². The molecule has 0 atom stereocenters. The SMILES string of the molecule is CNCCNC(=O)c1cc(Cl)ccc1-n1cnnn1.Cl. The van der Waals surface area contributed by atoms with E-state index in [2.05, 4.69) is 26.2 Å². The highest BCUT2D eigenvalue weighted by atomic mass is 35.5. The Kier molecular flexibility index (Phi) is 6.37. The zero-order chi connectivity index (χ0) is 13.7. The Morgan fingerprint density at radius 3 is 2.85 bits per heavy atom. The lowest BCUT2D eigenvalue weighted by Crippen LogP contribution is -2.31. The van der Waals surface area contributed by atoms with E-state index < -0.39 is 0 Å². The van der Waals surface area contributed by atoms with E-state index in [0.29, 0.717) is 29.4 Å². The number of benzene rings is 1. The fourth-order valence-corrected chi connectivity index (χ4v) is 1.73. The number of nitrogens with zero attached hydrogens (tertiary/aromatic N) is 4. The Bertz CT molecular complexity index is 560. The molecule has 1 heterocycles. The number of carbonyl (C=O) groups excluding carboxylic acids is 1. The minimum Gasteiger partial charge on any atom is -0.351 e. The van der Waals surface area contributed by atoms with Crippen molar-refractivity contribution in [1.29, 1.82) is 0 Å². The van der Waals surface area contributed by atoms with Crippen molar-refractivity contribution < 1.29 is 4.79 Å². The zero-order valence-electron chi connectivity index (χ0n) is 10.7. The van der Waals surface area contributed by atoms with Crippen LogP contribution in [0.3, 0.4) is 0 Å². The molecule has 0 bridgehead atoms. The maximum absolute atomic E-state index is 12.1. The molecule has 0 unspecified atom stereocenters. The molecule has 2 aromatic rings. The lowest BCUT2D eigenvalue weighted by atomic mass is 10.1. The molecule has 20 heavy (non-hydrogen) atoms. The first-order valence-corrected chi connectivity index (χ1v) is 6.06. The number of amides is 1. The van der Waals surface area contributed by atoms with Gasteiger partial charge in [0.2, 0.25) is 0 Å². The summed E-state index contributed by atoms with van der Waals surface area (Å²) in [4.78, 5) is 12.1. The van der Waals surface area contributed by atoms with Crippen molar-refractivity contribution in [3.05, 3.63) is 35.1 Å². The van der Waals surface area contributed by atoms with E-state index in [-0.39, 0.29) is 18.3 Å². The quantitative estimate of drug-likeness (QED) is 0.793. The van der Waals surface area contributed by atoms with Crippen LogP contribution >= 0.6 is 24.0 Å². The van der Waals surface area contributed by atoms with Crippen LogP contribution in [0.5, 0.6) is 0 Å². The molecule has 1 aromatic carbocycles. The number of aromatic nitrogens is 4. The third-order valence-corrected chi connectivity index (χ3v) is 2.69. The maximum Gasteiger partial charge on any atom is 0.253 e. The van der Waals surface area contributed by atoms with Gasteiger partial charge < -0.3 is 10.6 Å². The first-order valence-electron chi connectivity index (χ1n) is 5.68. The number of tetrazole rings is 1. The first-order chi connectivity index (χ1) is 9.22. The van der Waals surface area contributed by atoms with Crippen LogP contribution < -0.4 is 10.6 Å². The van der Waals surface area contributed by atoms with Crippen molar-refractivity contribution in [2.45, 2.75) is 0 Å². The summed E-state index contributed by atoms with van der Waals surface area (Å²) < 4.78 is 1.42. The Balaban J connectivity index is 0.00000200. The lowest BCUT2D eigenvalue weighted by molar-refractivity contribution is 0.0954. The number of halogens is 2. The predicted molar refractivity (Wildman–Crippen MR) is 77.7 cm³/mol. The second kappa shape index (κ2) is 7.78. The Morgan fingerprint density at radius 1 is 1.40 bits per heavy atom. The largest absolute Gasteiger partial charge is 0.351 e. The van der Waals surface area contributed by atoms with Crippen molar-refractivity contribution in [3.8, 4) is 5.69 Å². The van der Waals surface area contributed by atoms with Gasteiger partial charge in [0.05, 0.1) is 11.3 Å². The van der Waals surface area contributed by atoms with Crippen LogP contribution in [0.4, 0.5) is 0 Å². The average molecular weight is 317 g/mol. The molecule has 0 fully saturated rings. The molecule has 1 amide bonds. The monoisotopic (exact) mass is 316 g/mol. The van der Waals surface area contributed by atoms with Gasteiger partial charge in [0, 0.05) is 18.1 Å². The molecule has 7 nitrogen and oxygen atoms in total. The molecule has 2 rings (SSSR count). The van der Waals surface area contributed by atoms with E-state index in [0.717, 1.165) is 0 Å². The first kappa shape index (κ1) is 16.4. The van der Waals surface area contributed by atoms with E-state index in [1.165, 1.54) is 11.0 Å². The molecule has 0 aliphatic rings. The summed E-state index contributed by atoms with van der Waals surface area (Å²) in [7, 11) is 1.82. The Morgan fingerprint density at radius 2 is 2.20 bits per heavy atom. The second-order valence-corrected chi connectivity index (χ2v) is 4.21. The fraction of sp³-hybridized carbons (Fsp3) is 0.273. The van der Waals surface area contributed by atoms with Gasteiger partial charge in [-0.15, -0.1) is 17.5 Å². The van der Waals surface area contributed by atoms with Gasteiger partial charge in [0.1, 0.15) is 6.33 Å². The predicted octanol–water partition coefficient (Wildman–Crippen LogP) is 0.687. The fourth-order valence-electron chi connectivity index (χ4n) is 1.56. The molecule has 1 aromatic heterocycles. The topological polar surface area (TPSA) is 84.7 Å². The number of hydrogen-bond acceptors (Lipinski definition) is 5. The summed E-state index contributed by atoms with van der Waals surface area (Å²) in [5.41, 5.74) is 1.01. The van der Waals surface area contributed by atoms with Crippen LogP contribution in [0.25, 0.3) is 5.69 Å². The van der Waals surface area contributed by atoms with Crippen molar-refractivity contribution in [1.82, 2.24) is 30.8 Å². The second-order valence-electron chi connectivity index (χ2n) is 3.78. The minimum absolute atomic E-state index is 0. The molecule has 0 aliphatic carbocycles. The van der Waals surface area contributed by atoms with Crippen molar-refractivity contribution in [3.63, 3.8) is 0 Å². The molecule has 0 spiro atoms. The zero-order valence-corrected chi connectivity index (χ0v) is 12.3. The maximum atomic E-state index is 12.1. The Hall–Kier alpha value is -1.70. The van der Waals surface area contributed by atoms with Crippen LogP contribution in [-0.2, 0) is 0 Å². The summed E-state index contributed by atoms with van der Waals surface area (Å²) in [6, 6.07) is 4.97. The van der Waals surface area contributed by atoms with Gasteiger partial charge >= 0.3 is 0 Å². The average Bonchev–Trinajstić information content (AvgIpc) is 2.92. The number of hydrogen-bond donors (Lipinski definition) is 2. The molecule has 2 N–H and O–H groups in total. The van der Waals surface area contributed by atoms with Crippen molar-refractivity contribution in [2.75, 3.05) is 20.1 Å². The van der Waals surface area contributed by atoms with Crippen LogP contribution in [0.15, 0.2) is 24.5 Å². The summed E-state index contributed by atoms with van der Waals surface area (Å²) >= 11 is 5.93. The highest BCUT2D eigenvalue weighted by Crippen LogP contribution is 2.18. The molecule has 0 radical (unpaired) electrons. The van der Waals surface area contributed by atoms with Gasteiger partial charge in [-0.25, -0.2) is 0 Å². The van der Waals surface area contributed by atoms with E-state index in [1.807, 2.05) is 7.05 Å². The smallest absolute Gasteiger partial charge is 0.253 e. The number of likely N-dealkylation sites (N-methyl/N-ethyl adjacent to an activating group) is 1. The normalized spacial score (nSPS) is 9.90. The summed E-state index contributed by atoms with van der Waals surface area (Å²) in [6.45, 7) is 1.21. The lowest BCUT2D eigenvalue weighted by Gasteiger charge is -2.09. The molecule has 9 heteroatoms. The summed E-state index contributed by atoms with van der Waals surface area (Å²) in [5.74, 6) is -0.219. The van der Waals surface area contributed by atoms with Crippen LogP contribution in [0, 0.1) is 0 Å². The third-order valence-electron chi connectivity index (χ3n) is 2.46. The van der Waals surface area contributed by atoms with Gasteiger partial charge in [0.25, 0.3) is 5.91 Å². The molecule has 0 saturated carbocycles. The molecule has 0 aliphatic heterocycles. The third kappa shape index (κ3) is 3.89. The van der Waals surface area contributed by atoms with E-state index in [9.17, 15) is 4.79 Å². The summed E-state index contributed by atoms with van der Waals surface area (Å²) in [6.07, 6.45) is 1.42. The number of nitrogens with one attached hydrogen (secondary N) is 2. The van der Waals surface area contributed by atoms with Gasteiger partial charge in [-0.3, -0.25) is 4.79 Å². The van der Waals surface area contributed by atoms with Crippen LogP contribution in [-0.4, -0.2) is 46.3 Å². The van der Waals surface area contributed by atoms with Gasteiger partial charge in [-0.1, -0.05) is 11.6 Å². The van der Waals surface area contributed by atoms with Crippen LogP contribution in [0.2, 0.25) is 5.02 Å². The highest BCUT2D eigenvalue weighted by molar-refractivity contribution is 6.31. The van der Waals surface area contributed by atoms with Crippen molar-refractivity contribution in [2.24, 2.45) is 0 Å². The number of carbonyl (C=O) groups is 1. The molecule has 0 saturated heterocycles. The summed E-state index contributed by atoms with van der Waals surface area (Å²) in [5, 5.41) is 17.1. The van der Waals surface area contributed by atoms with E-state index in [4.69, 9.17) is 11.6 Å². The van der Waals surface area contributed by atoms with Crippen LogP contribution in [0.1, 0.15) is 10.4 Å². The van der Waals surface area contributed by atoms with Gasteiger partial charge in [-0.2, -0.15) is 4.68 Å². The van der Waals surface area contributed by atoms with Gasteiger partial charge in [-0.05, 0) is 35.7 Å². The highest BCUT2D eigenvalue weighted by Gasteiger charge is 2.14.